The van der Waals surface area contributed by atoms with Crippen molar-refractivity contribution in [2.45, 2.75) is 70.6 Å². The number of rotatable bonds is 5. The summed E-state index contributed by atoms with van der Waals surface area (Å²) in [5.41, 5.74) is -1.24. The number of carbonyl (C=O) groups is 3. The van der Waals surface area contributed by atoms with E-state index in [4.69, 9.17) is 4.74 Å². The number of benzene rings is 1. The number of hydrogen-bond acceptors (Lipinski definition) is 5. The number of carboxylic acid groups (broad SMARTS) is 2. The number of amides is 1. The molecular formula is C25H33N3O6. The summed E-state index contributed by atoms with van der Waals surface area (Å²) in [6.07, 6.45) is 5.02. The van der Waals surface area contributed by atoms with E-state index in [0.717, 1.165) is 32.1 Å². The van der Waals surface area contributed by atoms with Gasteiger partial charge in [-0.15, -0.1) is 0 Å². The zero-order valence-electron chi connectivity index (χ0n) is 19.9. The zero-order chi connectivity index (χ0) is 24.7. The number of likely N-dealkylation sites (tertiary alicyclic amines) is 1. The van der Waals surface area contributed by atoms with Crippen molar-refractivity contribution in [1.82, 2.24) is 9.88 Å². The fourth-order valence-corrected chi connectivity index (χ4v) is 5.55. The van der Waals surface area contributed by atoms with Crippen LogP contribution in [-0.2, 0) is 9.53 Å². The van der Waals surface area contributed by atoms with E-state index in [0.29, 0.717) is 23.0 Å². The number of carboxylic acids is 2. The third-order valence-electron chi connectivity index (χ3n) is 6.97. The average molecular weight is 472 g/mol. The Morgan fingerprint density at radius 1 is 1.09 bits per heavy atom. The van der Waals surface area contributed by atoms with Crippen molar-refractivity contribution in [2.75, 3.05) is 11.9 Å². The van der Waals surface area contributed by atoms with Crippen LogP contribution in [0.5, 0.6) is 0 Å². The molecule has 0 radical (unpaired) electrons. The summed E-state index contributed by atoms with van der Waals surface area (Å²) in [7, 11) is 0. The Kier molecular flexibility index (Phi) is 6.22. The second-order valence-electron chi connectivity index (χ2n) is 10.4. The van der Waals surface area contributed by atoms with Crippen molar-refractivity contribution >= 4 is 34.6 Å². The summed E-state index contributed by atoms with van der Waals surface area (Å²) >= 11 is 0. The lowest BCUT2D eigenvalue weighted by Gasteiger charge is -2.43. The second kappa shape index (κ2) is 8.85. The molecule has 0 unspecified atom stereocenters. The quantitative estimate of drug-likeness (QED) is 0.488. The third-order valence-corrected chi connectivity index (χ3v) is 6.97. The van der Waals surface area contributed by atoms with E-state index in [2.05, 4.69) is 10.3 Å². The highest BCUT2D eigenvalue weighted by atomic mass is 16.6. The molecule has 9 heteroatoms. The molecule has 4 N–H and O–H groups in total. The van der Waals surface area contributed by atoms with Crippen LogP contribution in [0.25, 0.3) is 10.9 Å². The Balaban J connectivity index is 1.76. The summed E-state index contributed by atoms with van der Waals surface area (Å²) in [5.74, 6) is -2.29. The van der Waals surface area contributed by atoms with Gasteiger partial charge in [0, 0.05) is 29.1 Å². The molecule has 2 heterocycles. The number of aromatic carboxylic acids is 1. The van der Waals surface area contributed by atoms with Crippen molar-refractivity contribution in [3.63, 3.8) is 0 Å². The van der Waals surface area contributed by atoms with Gasteiger partial charge in [0.15, 0.2) is 0 Å². The maximum absolute atomic E-state index is 13.2. The van der Waals surface area contributed by atoms with Gasteiger partial charge in [-0.3, -0.25) is 4.90 Å². The van der Waals surface area contributed by atoms with Gasteiger partial charge in [0.25, 0.3) is 0 Å². The molecule has 4 rings (SSSR count). The van der Waals surface area contributed by atoms with E-state index in [1.807, 2.05) is 0 Å². The molecule has 1 aliphatic carbocycles. The lowest BCUT2D eigenvalue weighted by molar-refractivity contribution is -0.151. The summed E-state index contributed by atoms with van der Waals surface area (Å²) in [6.45, 7) is 5.56. The van der Waals surface area contributed by atoms with Gasteiger partial charge in [-0.25, -0.2) is 14.4 Å². The minimum Gasteiger partial charge on any atom is -0.478 e. The van der Waals surface area contributed by atoms with E-state index in [9.17, 15) is 24.6 Å². The number of hydrogen-bond donors (Lipinski definition) is 4. The van der Waals surface area contributed by atoms with Crippen molar-refractivity contribution < 1.29 is 29.3 Å². The lowest BCUT2D eigenvalue weighted by Crippen LogP contribution is -2.63. The normalized spacial score (nSPS) is 23.7. The van der Waals surface area contributed by atoms with Gasteiger partial charge in [-0.1, -0.05) is 32.1 Å². The molecule has 1 aromatic heterocycles. The summed E-state index contributed by atoms with van der Waals surface area (Å²) < 4.78 is 5.61. The monoisotopic (exact) mass is 471 g/mol. The fraction of sp³-hybridized carbons (Fsp3) is 0.560. The van der Waals surface area contributed by atoms with Crippen LogP contribution in [0, 0.1) is 11.8 Å². The molecule has 1 saturated heterocycles. The highest BCUT2D eigenvalue weighted by molar-refractivity contribution is 5.95. The van der Waals surface area contributed by atoms with Gasteiger partial charge >= 0.3 is 18.0 Å². The average Bonchev–Trinajstić information content (AvgIpc) is 3.35. The van der Waals surface area contributed by atoms with Crippen LogP contribution in [0.4, 0.5) is 10.5 Å². The first-order valence-corrected chi connectivity index (χ1v) is 11.9. The molecular weight excluding hydrogens is 438 g/mol. The smallest absolute Gasteiger partial charge is 0.412 e. The van der Waals surface area contributed by atoms with Gasteiger partial charge in [0.05, 0.1) is 0 Å². The molecule has 1 saturated carbocycles. The molecule has 1 aromatic carbocycles. The molecule has 0 spiro atoms. The highest BCUT2D eigenvalue weighted by Crippen LogP contribution is 2.46. The number of anilines is 1. The van der Waals surface area contributed by atoms with Crippen LogP contribution in [0.2, 0.25) is 0 Å². The molecule has 184 valence electrons. The predicted molar refractivity (Wildman–Crippen MR) is 127 cm³/mol. The fourth-order valence-electron chi connectivity index (χ4n) is 5.55. The molecule has 2 atom stereocenters. The van der Waals surface area contributed by atoms with Crippen LogP contribution in [0.3, 0.4) is 0 Å². The molecule has 0 bridgehead atoms. The maximum Gasteiger partial charge on any atom is 0.412 e. The Morgan fingerprint density at radius 2 is 1.79 bits per heavy atom. The maximum atomic E-state index is 13.2. The Bertz CT molecular complexity index is 1100. The first kappa shape index (κ1) is 23.9. The van der Waals surface area contributed by atoms with Crippen LogP contribution < -0.4 is 5.32 Å². The lowest BCUT2D eigenvalue weighted by atomic mass is 9.73. The molecule has 2 aromatic rings. The number of aromatic amines is 1. The van der Waals surface area contributed by atoms with Crippen molar-refractivity contribution in [3.8, 4) is 0 Å². The number of carbonyl (C=O) groups excluding carboxylic acids is 1. The van der Waals surface area contributed by atoms with Crippen LogP contribution in [-0.4, -0.2) is 55.9 Å². The van der Waals surface area contributed by atoms with E-state index in [-0.39, 0.29) is 24.1 Å². The van der Waals surface area contributed by atoms with Crippen molar-refractivity contribution in [3.05, 3.63) is 30.0 Å². The van der Waals surface area contributed by atoms with Crippen LogP contribution in [0.15, 0.2) is 24.3 Å². The number of aromatic nitrogens is 1. The summed E-state index contributed by atoms with van der Waals surface area (Å²) in [4.78, 5) is 41.8. The first-order chi connectivity index (χ1) is 16.0. The van der Waals surface area contributed by atoms with Gasteiger partial charge in [-0.2, -0.15) is 0 Å². The van der Waals surface area contributed by atoms with Crippen molar-refractivity contribution in [2.24, 2.45) is 11.8 Å². The summed E-state index contributed by atoms with van der Waals surface area (Å²) in [5, 5.41) is 23.8. The molecule has 1 amide bonds. The minimum absolute atomic E-state index is 0.0522. The van der Waals surface area contributed by atoms with Gasteiger partial charge in [0.1, 0.15) is 11.3 Å². The Labute approximate surface area is 198 Å². The molecule has 1 aliphatic heterocycles. The number of nitrogens with one attached hydrogen (secondary N) is 2. The Morgan fingerprint density at radius 3 is 2.41 bits per heavy atom. The van der Waals surface area contributed by atoms with Gasteiger partial charge < -0.3 is 25.3 Å². The molecule has 9 nitrogen and oxygen atoms in total. The van der Waals surface area contributed by atoms with Crippen molar-refractivity contribution in [1.29, 1.82) is 0 Å². The minimum atomic E-state index is -1.66. The topological polar surface area (TPSA) is 132 Å². The highest BCUT2D eigenvalue weighted by Gasteiger charge is 2.60. The van der Waals surface area contributed by atoms with E-state index >= 15 is 0 Å². The third kappa shape index (κ3) is 4.43. The molecule has 2 aliphatic rings. The largest absolute Gasteiger partial charge is 0.478 e. The zero-order valence-corrected chi connectivity index (χ0v) is 19.9. The van der Waals surface area contributed by atoms with Gasteiger partial charge in [-0.05, 0) is 57.4 Å². The molecule has 2 fully saturated rings. The number of ether oxygens (including phenoxy) is 1. The second-order valence-corrected chi connectivity index (χ2v) is 10.4. The first-order valence-electron chi connectivity index (χ1n) is 11.9. The van der Waals surface area contributed by atoms with Crippen LogP contribution in [0.1, 0.15) is 69.8 Å². The number of aliphatic carboxylic acids is 1. The standard InChI is InChI=1S/C25H33N3O6/c1-24(2,3)34-23(33)28-12-11-18(15-7-5-4-6-8-15)25(28,22(31)32)27-17-9-10-19-16(13-17)14-20(26-19)21(29)30/h9-10,13-15,18,26-27H,4-8,11-12H2,1-3H3,(H,29,30)(H,31,32)/t18-,25+/m0/s1. The number of nitrogens with zero attached hydrogens (tertiary/aromatic N) is 1. The van der Waals surface area contributed by atoms with E-state index < -0.39 is 29.3 Å². The van der Waals surface area contributed by atoms with Gasteiger partial charge in [0.2, 0.25) is 5.66 Å². The predicted octanol–water partition coefficient (Wildman–Crippen LogP) is 4.90. The van der Waals surface area contributed by atoms with Crippen LogP contribution >= 0.6 is 0 Å². The summed E-state index contributed by atoms with van der Waals surface area (Å²) in [6, 6.07) is 6.64. The Hall–Kier alpha value is -3.23. The number of fused-ring (bicyclic) bond motifs is 1. The SMILES string of the molecule is CC(C)(C)OC(=O)N1CC[C@@H](C2CCCCC2)[C@]1(Nc1ccc2[nH]c(C(=O)O)cc2c1)C(=O)O. The number of H-pyrrole nitrogens is 1. The van der Waals surface area contributed by atoms with E-state index in [1.54, 1.807) is 39.0 Å². The van der Waals surface area contributed by atoms with E-state index in [1.165, 1.54) is 11.0 Å². The molecule has 34 heavy (non-hydrogen) atoms.